The molecule has 118 valence electrons. The molecule has 0 spiro atoms. The van der Waals surface area contributed by atoms with Gasteiger partial charge in [-0.25, -0.2) is 0 Å². The van der Waals surface area contributed by atoms with Crippen LogP contribution in [-0.2, 0) is 19.7 Å². The average Bonchev–Trinajstić information content (AvgIpc) is 2.55. The molecular weight excluding hydrogens is 278 g/mol. The predicted octanol–water partition coefficient (Wildman–Crippen LogP) is 2.83. The Morgan fingerprint density at radius 3 is 2.18 bits per heavy atom. The highest BCUT2D eigenvalue weighted by Gasteiger charge is 2.08. The van der Waals surface area contributed by atoms with E-state index in [0.29, 0.717) is 0 Å². The SMILES string of the molecule is COc1ccc(CN(C)Cc2ccc(CO)cc2)c(OC)c1. The maximum Gasteiger partial charge on any atom is 0.127 e. The van der Waals surface area contributed by atoms with Crippen molar-refractivity contribution in [1.82, 2.24) is 4.90 Å². The van der Waals surface area contributed by atoms with Crippen LogP contribution in [0.2, 0.25) is 0 Å². The maximum absolute atomic E-state index is 9.07. The van der Waals surface area contributed by atoms with Gasteiger partial charge in [-0.05, 0) is 24.2 Å². The van der Waals surface area contributed by atoms with Gasteiger partial charge < -0.3 is 14.6 Å². The lowest BCUT2D eigenvalue weighted by molar-refractivity contribution is 0.281. The fraction of sp³-hybridized carbons (Fsp3) is 0.333. The molecular formula is C18H23NO3. The van der Waals surface area contributed by atoms with Crippen molar-refractivity contribution in [2.24, 2.45) is 0 Å². The van der Waals surface area contributed by atoms with Gasteiger partial charge in [-0.2, -0.15) is 0 Å². The molecule has 0 saturated heterocycles. The number of nitrogens with zero attached hydrogens (tertiary/aromatic N) is 1. The van der Waals surface area contributed by atoms with Crippen LogP contribution in [0.15, 0.2) is 42.5 Å². The van der Waals surface area contributed by atoms with E-state index in [0.717, 1.165) is 35.7 Å². The van der Waals surface area contributed by atoms with Crippen molar-refractivity contribution >= 4 is 0 Å². The Morgan fingerprint density at radius 1 is 0.909 bits per heavy atom. The van der Waals surface area contributed by atoms with Crippen molar-refractivity contribution in [2.45, 2.75) is 19.7 Å². The third-order valence-electron chi connectivity index (χ3n) is 3.59. The van der Waals surface area contributed by atoms with Crippen molar-refractivity contribution in [1.29, 1.82) is 0 Å². The highest BCUT2D eigenvalue weighted by molar-refractivity contribution is 5.40. The number of aliphatic hydroxyl groups excluding tert-OH is 1. The lowest BCUT2D eigenvalue weighted by atomic mass is 10.1. The Bertz CT molecular complexity index is 596. The van der Waals surface area contributed by atoms with Crippen LogP contribution in [0.3, 0.4) is 0 Å². The monoisotopic (exact) mass is 301 g/mol. The van der Waals surface area contributed by atoms with Gasteiger partial charge in [0.1, 0.15) is 11.5 Å². The molecule has 2 aromatic carbocycles. The van der Waals surface area contributed by atoms with Gasteiger partial charge in [-0.15, -0.1) is 0 Å². The number of rotatable bonds is 7. The summed E-state index contributed by atoms with van der Waals surface area (Å²) in [6.45, 7) is 1.70. The summed E-state index contributed by atoms with van der Waals surface area (Å²) in [5, 5.41) is 9.07. The van der Waals surface area contributed by atoms with E-state index in [9.17, 15) is 0 Å². The Morgan fingerprint density at radius 2 is 1.59 bits per heavy atom. The molecule has 0 radical (unpaired) electrons. The zero-order valence-electron chi connectivity index (χ0n) is 13.4. The van der Waals surface area contributed by atoms with Crippen LogP contribution in [0.5, 0.6) is 11.5 Å². The molecule has 0 unspecified atom stereocenters. The fourth-order valence-electron chi connectivity index (χ4n) is 2.39. The van der Waals surface area contributed by atoms with Crippen molar-refractivity contribution in [3.05, 3.63) is 59.2 Å². The molecule has 2 rings (SSSR count). The summed E-state index contributed by atoms with van der Waals surface area (Å²) in [5.74, 6) is 1.63. The third-order valence-corrected chi connectivity index (χ3v) is 3.59. The minimum atomic E-state index is 0.0825. The quantitative estimate of drug-likeness (QED) is 0.854. The van der Waals surface area contributed by atoms with E-state index >= 15 is 0 Å². The van der Waals surface area contributed by atoms with E-state index in [1.54, 1.807) is 14.2 Å². The van der Waals surface area contributed by atoms with Crippen molar-refractivity contribution in [3.63, 3.8) is 0 Å². The molecule has 0 atom stereocenters. The molecule has 0 aliphatic carbocycles. The molecule has 0 aliphatic rings. The van der Waals surface area contributed by atoms with Crippen LogP contribution in [0, 0.1) is 0 Å². The van der Waals surface area contributed by atoms with Gasteiger partial charge in [-0.1, -0.05) is 30.3 Å². The van der Waals surface area contributed by atoms with Gasteiger partial charge in [0.25, 0.3) is 0 Å². The van der Waals surface area contributed by atoms with E-state index in [1.165, 1.54) is 5.56 Å². The number of benzene rings is 2. The molecule has 4 heteroatoms. The van der Waals surface area contributed by atoms with Gasteiger partial charge in [0.05, 0.1) is 20.8 Å². The third kappa shape index (κ3) is 4.23. The standard InChI is InChI=1S/C18H23NO3/c1-19(11-14-4-6-15(13-20)7-5-14)12-16-8-9-17(21-2)10-18(16)22-3/h4-10,20H,11-13H2,1-3H3. The summed E-state index contributed by atoms with van der Waals surface area (Å²) in [7, 11) is 5.39. The van der Waals surface area contributed by atoms with Crippen LogP contribution in [0.4, 0.5) is 0 Å². The van der Waals surface area contributed by atoms with Gasteiger partial charge in [-0.3, -0.25) is 4.90 Å². The first-order chi connectivity index (χ1) is 10.7. The molecule has 1 N–H and O–H groups in total. The summed E-state index contributed by atoms with van der Waals surface area (Å²) >= 11 is 0. The number of hydrogen-bond donors (Lipinski definition) is 1. The molecule has 0 saturated carbocycles. The van der Waals surface area contributed by atoms with Crippen molar-refractivity contribution < 1.29 is 14.6 Å². The molecule has 4 nitrogen and oxygen atoms in total. The fourth-order valence-corrected chi connectivity index (χ4v) is 2.39. The molecule has 0 bridgehead atoms. The van der Waals surface area contributed by atoms with E-state index in [-0.39, 0.29) is 6.61 Å². The minimum Gasteiger partial charge on any atom is -0.497 e. The number of hydrogen-bond acceptors (Lipinski definition) is 4. The molecule has 0 heterocycles. The molecule has 0 fully saturated rings. The lowest BCUT2D eigenvalue weighted by Crippen LogP contribution is -2.17. The second-order valence-corrected chi connectivity index (χ2v) is 5.32. The zero-order chi connectivity index (χ0) is 15.9. The first-order valence-electron chi connectivity index (χ1n) is 7.24. The number of aliphatic hydroxyl groups is 1. The summed E-state index contributed by atoms with van der Waals surface area (Å²) in [6, 6.07) is 13.9. The molecule has 2 aromatic rings. The first-order valence-corrected chi connectivity index (χ1v) is 7.24. The van der Waals surface area contributed by atoms with E-state index < -0.39 is 0 Å². The lowest BCUT2D eigenvalue weighted by Gasteiger charge is -2.19. The molecule has 0 aliphatic heterocycles. The normalized spacial score (nSPS) is 10.8. The van der Waals surface area contributed by atoms with E-state index in [4.69, 9.17) is 14.6 Å². The van der Waals surface area contributed by atoms with Crippen LogP contribution in [0.1, 0.15) is 16.7 Å². The summed E-state index contributed by atoms with van der Waals surface area (Å²) < 4.78 is 10.7. The smallest absolute Gasteiger partial charge is 0.127 e. The number of methoxy groups -OCH3 is 2. The molecule has 0 amide bonds. The summed E-state index contributed by atoms with van der Waals surface area (Å²) in [6.07, 6.45) is 0. The summed E-state index contributed by atoms with van der Waals surface area (Å²) in [5.41, 5.74) is 3.27. The second kappa shape index (κ2) is 7.82. The van der Waals surface area contributed by atoms with Crippen LogP contribution >= 0.6 is 0 Å². The van der Waals surface area contributed by atoms with Crippen molar-refractivity contribution in [3.8, 4) is 11.5 Å². The van der Waals surface area contributed by atoms with Crippen LogP contribution in [-0.4, -0.2) is 31.3 Å². The predicted molar refractivity (Wildman–Crippen MR) is 87.1 cm³/mol. The minimum absolute atomic E-state index is 0.0825. The second-order valence-electron chi connectivity index (χ2n) is 5.32. The first kappa shape index (κ1) is 16.3. The molecule has 0 aromatic heterocycles. The van der Waals surface area contributed by atoms with Crippen LogP contribution in [0.25, 0.3) is 0 Å². The maximum atomic E-state index is 9.07. The number of ether oxygens (including phenoxy) is 2. The topological polar surface area (TPSA) is 41.9 Å². The van der Waals surface area contributed by atoms with E-state index in [1.807, 2.05) is 42.5 Å². The van der Waals surface area contributed by atoms with Gasteiger partial charge >= 0.3 is 0 Å². The highest BCUT2D eigenvalue weighted by Crippen LogP contribution is 2.25. The Hall–Kier alpha value is -2.04. The van der Waals surface area contributed by atoms with Gasteiger partial charge in [0.15, 0.2) is 0 Å². The van der Waals surface area contributed by atoms with Gasteiger partial charge in [0.2, 0.25) is 0 Å². The summed E-state index contributed by atoms with van der Waals surface area (Å²) in [4.78, 5) is 2.22. The Labute approximate surface area is 131 Å². The highest BCUT2D eigenvalue weighted by atomic mass is 16.5. The Balaban J connectivity index is 2.03. The van der Waals surface area contributed by atoms with Crippen molar-refractivity contribution in [2.75, 3.05) is 21.3 Å². The molecule has 22 heavy (non-hydrogen) atoms. The van der Waals surface area contributed by atoms with E-state index in [2.05, 4.69) is 11.9 Å². The zero-order valence-corrected chi connectivity index (χ0v) is 13.4. The largest absolute Gasteiger partial charge is 0.497 e. The average molecular weight is 301 g/mol. The Kier molecular flexibility index (Phi) is 5.81. The van der Waals surface area contributed by atoms with Gasteiger partial charge in [0, 0.05) is 24.7 Å². The van der Waals surface area contributed by atoms with Crippen LogP contribution < -0.4 is 9.47 Å².